The van der Waals surface area contributed by atoms with E-state index in [0.29, 0.717) is 17.0 Å². The van der Waals surface area contributed by atoms with Crippen LogP contribution >= 0.6 is 0 Å². The van der Waals surface area contributed by atoms with Crippen molar-refractivity contribution < 1.29 is 23.8 Å². The van der Waals surface area contributed by atoms with Gasteiger partial charge in [-0.2, -0.15) is 0 Å². The van der Waals surface area contributed by atoms with Gasteiger partial charge in [-0.15, -0.1) is 0 Å². The number of hydrogen-bond acceptors (Lipinski definition) is 6. The van der Waals surface area contributed by atoms with Crippen LogP contribution in [0.25, 0.3) is 21.8 Å². The Kier molecular flexibility index (Phi) is 8.77. The predicted molar refractivity (Wildman–Crippen MR) is 172 cm³/mol. The topological polar surface area (TPSA) is 103 Å². The summed E-state index contributed by atoms with van der Waals surface area (Å²) >= 11 is 0. The summed E-state index contributed by atoms with van der Waals surface area (Å²) in [7, 11) is 2.98. The molecule has 8 heteroatoms. The molecule has 1 aliphatic rings. The van der Waals surface area contributed by atoms with Crippen LogP contribution in [0.1, 0.15) is 71.6 Å². The van der Waals surface area contributed by atoms with Crippen LogP contribution in [-0.4, -0.2) is 42.4 Å². The van der Waals surface area contributed by atoms with Gasteiger partial charge in [-0.25, -0.2) is 9.59 Å². The van der Waals surface area contributed by atoms with Gasteiger partial charge >= 0.3 is 12.1 Å². The number of aromatic nitrogens is 2. The van der Waals surface area contributed by atoms with Crippen LogP contribution < -0.4 is 10.1 Å². The molecule has 1 aliphatic carbocycles. The first-order chi connectivity index (χ1) is 21.5. The van der Waals surface area contributed by atoms with Gasteiger partial charge in [-0.1, -0.05) is 30.3 Å². The Balaban J connectivity index is 1.30. The molecule has 6 rings (SSSR count). The van der Waals surface area contributed by atoms with Gasteiger partial charge in [0.2, 0.25) is 0 Å². The molecule has 2 aromatic heterocycles. The summed E-state index contributed by atoms with van der Waals surface area (Å²) in [6.07, 6.45) is 8.11. The van der Waals surface area contributed by atoms with Gasteiger partial charge in [0.15, 0.2) is 0 Å². The second kappa shape index (κ2) is 13.2. The van der Waals surface area contributed by atoms with E-state index in [-0.39, 0.29) is 12.0 Å². The van der Waals surface area contributed by atoms with Gasteiger partial charge in [0, 0.05) is 45.3 Å². The number of fused-ring (bicyclic) bond motifs is 2. The number of para-hydroxylation sites is 1. The molecule has 8 nitrogen and oxygen atoms in total. The number of pyridine rings is 1. The van der Waals surface area contributed by atoms with Crippen LogP contribution in [0.15, 0.2) is 79.0 Å². The maximum Gasteiger partial charge on any atom is 0.411 e. The maximum absolute atomic E-state index is 12.6. The molecule has 1 saturated carbocycles. The Morgan fingerprint density at radius 2 is 1.82 bits per heavy atom. The van der Waals surface area contributed by atoms with Crippen LogP contribution in [0.5, 0.6) is 5.75 Å². The molecule has 3 aromatic carbocycles. The molecule has 2 heterocycles. The van der Waals surface area contributed by atoms with E-state index < -0.39 is 12.1 Å². The normalized spacial score (nSPS) is 14.0. The molecule has 0 radical (unpaired) electrons. The lowest BCUT2D eigenvalue weighted by atomic mass is 9.85. The molecular formula is C36H37N3O5. The number of anilines is 1. The van der Waals surface area contributed by atoms with Crippen molar-refractivity contribution in [2.24, 2.45) is 0 Å². The van der Waals surface area contributed by atoms with E-state index in [1.165, 1.54) is 7.11 Å². The van der Waals surface area contributed by atoms with E-state index >= 15 is 0 Å². The molecule has 5 aromatic rings. The summed E-state index contributed by atoms with van der Waals surface area (Å²) < 4.78 is 16.4. The average Bonchev–Trinajstić information content (AvgIpc) is 3.72. The first-order valence-corrected chi connectivity index (χ1v) is 15.2. The molecule has 0 spiro atoms. The monoisotopic (exact) mass is 591 g/mol. The Hall–Kier alpha value is -4.85. The molecule has 0 bridgehead atoms. The van der Waals surface area contributed by atoms with E-state index in [1.54, 1.807) is 19.2 Å². The molecular weight excluding hydrogens is 554 g/mol. The Bertz CT molecular complexity index is 1790. The summed E-state index contributed by atoms with van der Waals surface area (Å²) in [6, 6.07) is 23.7. The molecule has 1 fully saturated rings. The van der Waals surface area contributed by atoms with Crippen LogP contribution in [0.3, 0.4) is 0 Å². The number of H-pyrrole nitrogens is 1. The Labute approximate surface area is 256 Å². The smallest absolute Gasteiger partial charge is 0.411 e. The minimum absolute atomic E-state index is 0.0107. The van der Waals surface area contributed by atoms with E-state index in [1.807, 2.05) is 48.7 Å². The van der Waals surface area contributed by atoms with Crippen molar-refractivity contribution >= 4 is 39.6 Å². The lowest BCUT2D eigenvalue weighted by Gasteiger charge is -2.21. The molecule has 1 amide bonds. The van der Waals surface area contributed by atoms with E-state index in [9.17, 15) is 9.59 Å². The third kappa shape index (κ3) is 6.39. The number of aromatic amines is 1. The van der Waals surface area contributed by atoms with Crippen LogP contribution in [-0.2, 0) is 15.9 Å². The lowest BCUT2D eigenvalue weighted by Crippen LogP contribution is -2.20. The zero-order valence-corrected chi connectivity index (χ0v) is 25.1. The van der Waals surface area contributed by atoms with Gasteiger partial charge in [-0.05, 0) is 93.0 Å². The number of methoxy groups -OCH3 is 2. The number of carbonyl (C=O) groups excluding carboxylic acids is 2. The number of nitrogens with one attached hydrogen (secondary N) is 2. The molecule has 1 atom stereocenters. The fourth-order valence-corrected chi connectivity index (χ4v) is 6.27. The fourth-order valence-electron chi connectivity index (χ4n) is 6.27. The number of benzene rings is 3. The largest absolute Gasteiger partial charge is 0.496 e. The lowest BCUT2D eigenvalue weighted by molar-refractivity contribution is 0.0600. The molecule has 0 aliphatic heterocycles. The number of aryl methyl sites for hydroxylation is 1. The van der Waals surface area contributed by atoms with Crippen molar-refractivity contribution in [2.45, 2.75) is 57.0 Å². The predicted octanol–water partition coefficient (Wildman–Crippen LogP) is 8.16. The highest BCUT2D eigenvalue weighted by molar-refractivity contribution is 5.93. The minimum atomic E-state index is -0.423. The van der Waals surface area contributed by atoms with Crippen molar-refractivity contribution in [2.75, 3.05) is 19.5 Å². The summed E-state index contributed by atoms with van der Waals surface area (Å²) in [5.74, 6) is 0.137. The van der Waals surface area contributed by atoms with Crippen LogP contribution in [0.4, 0.5) is 10.5 Å². The zero-order valence-electron chi connectivity index (χ0n) is 25.1. The summed E-state index contributed by atoms with van der Waals surface area (Å²) in [5, 5.41) is 5.05. The molecule has 1 unspecified atom stereocenters. The second-order valence-corrected chi connectivity index (χ2v) is 11.3. The third-order valence-electron chi connectivity index (χ3n) is 8.52. The number of esters is 1. The second-order valence-electron chi connectivity index (χ2n) is 11.3. The highest BCUT2D eigenvalue weighted by Crippen LogP contribution is 2.40. The third-order valence-corrected chi connectivity index (χ3v) is 8.52. The van der Waals surface area contributed by atoms with E-state index in [2.05, 4.69) is 28.5 Å². The van der Waals surface area contributed by atoms with Gasteiger partial charge < -0.3 is 19.2 Å². The van der Waals surface area contributed by atoms with Crippen molar-refractivity contribution in [1.82, 2.24) is 9.97 Å². The van der Waals surface area contributed by atoms with Gasteiger partial charge in [0.25, 0.3) is 0 Å². The van der Waals surface area contributed by atoms with Crippen LogP contribution in [0, 0.1) is 0 Å². The number of nitrogens with zero attached hydrogens (tertiary/aromatic N) is 1. The number of ether oxygens (including phenoxy) is 3. The fraction of sp³-hybridized carbons (Fsp3) is 0.306. The summed E-state index contributed by atoms with van der Waals surface area (Å²) in [5.41, 5.74) is 6.13. The number of carbonyl (C=O) groups is 2. The number of amides is 1. The van der Waals surface area contributed by atoms with Crippen LogP contribution in [0.2, 0.25) is 0 Å². The SMILES string of the molecule is COC(=O)c1ccc(C(CCCc2ccc3ccccc3n2)c2c[nH]c3ccc(NC(=O)OC4CCCC4)cc23)c(OC)c1. The van der Waals surface area contributed by atoms with Gasteiger partial charge in [-0.3, -0.25) is 10.3 Å². The van der Waals surface area contributed by atoms with Crippen molar-refractivity contribution in [3.63, 3.8) is 0 Å². The van der Waals surface area contributed by atoms with Crippen molar-refractivity contribution in [3.05, 3.63) is 101 Å². The molecule has 2 N–H and O–H groups in total. The Morgan fingerprint density at radius 1 is 0.977 bits per heavy atom. The van der Waals surface area contributed by atoms with Gasteiger partial charge in [0.1, 0.15) is 11.9 Å². The van der Waals surface area contributed by atoms with Gasteiger partial charge in [0.05, 0.1) is 25.3 Å². The standard InChI is InChI=1S/C36H37N3O5/c1-42-34-20-24(35(40)43-2)15-18-29(34)28(12-7-9-25-16-14-23-8-3-6-13-32(23)38-25)31-22-37-33-19-17-26(21-30(31)33)39-36(41)44-27-10-4-5-11-27/h3,6,8,13-22,27-28,37H,4-5,7,9-12H2,1-2H3,(H,39,41). The van der Waals surface area contributed by atoms with Crippen molar-refractivity contribution in [1.29, 1.82) is 0 Å². The zero-order chi connectivity index (χ0) is 30.5. The average molecular weight is 592 g/mol. The quantitative estimate of drug-likeness (QED) is 0.159. The molecule has 0 saturated heterocycles. The van der Waals surface area contributed by atoms with E-state index in [4.69, 9.17) is 19.2 Å². The number of hydrogen-bond donors (Lipinski definition) is 2. The van der Waals surface area contributed by atoms with E-state index in [0.717, 1.165) is 83.6 Å². The van der Waals surface area contributed by atoms with Crippen molar-refractivity contribution in [3.8, 4) is 5.75 Å². The highest BCUT2D eigenvalue weighted by Gasteiger charge is 2.24. The molecule has 226 valence electrons. The maximum atomic E-state index is 12.6. The highest BCUT2D eigenvalue weighted by atomic mass is 16.6. The number of rotatable bonds is 10. The molecule has 44 heavy (non-hydrogen) atoms. The minimum Gasteiger partial charge on any atom is -0.496 e. The summed E-state index contributed by atoms with van der Waals surface area (Å²) in [6.45, 7) is 0. The Morgan fingerprint density at radius 3 is 2.64 bits per heavy atom. The first kappa shape index (κ1) is 29.2. The first-order valence-electron chi connectivity index (χ1n) is 15.2. The summed E-state index contributed by atoms with van der Waals surface area (Å²) in [4.78, 5) is 33.2.